The van der Waals surface area contributed by atoms with Crippen LogP contribution in [0.1, 0.15) is 18.5 Å². The fraction of sp³-hybridized carbons (Fsp3) is 0.417. The molecule has 1 aliphatic rings. The van der Waals surface area contributed by atoms with Gasteiger partial charge in [-0.15, -0.1) is 0 Å². The Bertz CT molecular complexity index is 446. The predicted octanol–water partition coefficient (Wildman–Crippen LogP) is 2.56. The topological polar surface area (TPSA) is 40.5 Å². The van der Waals surface area contributed by atoms with Gasteiger partial charge < -0.3 is 5.11 Å². The van der Waals surface area contributed by atoms with E-state index in [1.54, 1.807) is 6.07 Å². The number of carboxylic acids is 1. The van der Waals surface area contributed by atoms with Crippen molar-refractivity contribution in [3.8, 4) is 0 Å². The highest BCUT2D eigenvalue weighted by atomic mass is 35.5. The summed E-state index contributed by atoms with van der Waals surface area (Å²) < 4.78 is 12.9. The smallest absolute Gasteiger partial charge is 0.309 e. The molecular formula is C12H13ClFNO2. The van der Waals surface area contributed by atoms with E-state index < -0.39 is 5.97 Å². The zero-order chi connectivity index (χ0) is 12.6. The van der Waals surface area contributed by atoms with Gasteiger partial charge in [0.1, 0.15) is 5.82 Å². The Labute approximate surface area is 104 Å². The minimum absolute atomic E-state index is 0.0127. The molecule has 0 bridgehead atoms. The average molecular weight is 258 g/mol. The number of hydrogen-bond donors (Lipinski definition) is 1. The van der Waals surface area contributed by atoms with Gasteiger partial charge in [-0.3, -0.25) is 9.69 Å². The summed E-state index contributed by atoms with van der Waals surface area (Å²) in [5.41, 5.74) is 0.830. The molecule has 1 aliphatic heterocycles. The van der Waals surface area contributed by atoms with E-state index in [4.69, 9.17) is 16.7 Å². The molecule has 3 nitrogen and oxygen atoms in total. The third kappa shape index (κ3) is 2.42. The summed E-state index contributed by atoms with van der Waals surface area (Å²) in [6.45, 7) is 2.98. The molecule has 5 heteroatoms. The number of aliphatic carboxylic acids is 1. The van der Waals surface area contributed by atoms with Gasteiger partial charge in [-0.1, -0.05) is 17.7 Å². The molecule has 1 saturated heterocycles. The van der Waals surface area contributed by atoms with E-state index >= 15 is 0 Å². The van der Waals surface area contributed by atoms with E-state index in [0.717, 1.165) is 5.56 Å². The third-order valence-electron chi connectivity index (χ3n) is 3.22. The second-order valence-corrected chi connectivity index (χ2v) is 4.74. The SMILES string of the molecule is CC(c1ccc(F)cc1Cl)N1CC(C(=O)O)C1. The van der Waals surface area contributed by atoms with Gasteiger partial charge in [-0.05, 0) is 24.6 Å². The number of hydrogen-bond acceptors (Lipinski definition) is 2. The minimum atomic E-state index is -0.765. The lowest BCUT2D eigenvalue weighted by molar-refractivity contribution is -0.148. The van der Waals surface area contributed by atoms with Crippen LogP contribution in [-0.4, -0.2) is 29.1 Å². The van der Waals surface area contributed by atoms with Crippen molar-refractivity contribution in [2.75, 3.05) is 13.1 Å². The van der Waals surface area contributed by atoms with E-state index in [2.05, 4.69) is 0 Å². The largest absolute Gasteiger partial charge is 0.481 e. The summed E-state index contributed by atoms with van der Waals surface area (Å²) in [6, 6.07) is 4.31. The Kier molecular flexibility index (Phi) is 3.35. The summed E-state index contributed by atoms with van der Waals surface area (Å²) in [4.78, 5) is 12.7. The van der Waals surface area contributed by atoms with Crippen LogP contribution in [0, 0.1) is 11.7 Å². The Balaban J connectivity index is 2.06. The molecule has 1 fully saturated rings. The molecule has 1 aromatic rings. The molecular weight excluding hydrogens is 245 g/mol. The fourth-order valence-corrected chi connectivity index (χ4v) is 2.35. The molecule has 17 heavy (non-hydrogen) atoms. The molecule has 1 N–H and O–H groups in total. The Morgan fingerprint density at radius 1 is 1.59 bits per heavy atom. The zero-order valence-corrected chi connectivity index (χ0v) is 10.1. The lowest BCUT2D eigenvalue weighted by Crippen LogP contribution is -2.51. The first-order chi connectivity index (χ1) is 7.99. The number of nitrogens with zero attached hydrogens (tertiary/aromatic N) is 1. The van der Waals surface area contributed by atoms with E-state index in [9.17, 15) is 9.18 Å². The quantitative estimate of drug-likeness (QED) is 0.905. The molecule has 1 atom stereocenters. The average Bonchev–Trinajstić information content (AvgIpc) is 2.13. The lowest BCUT2D eigenvalue weighted by Gasteiger charge is -2.41. The second-order valence-electron chi connectivity index (χ2n) is 4.33. The van der Waals surface area contributed by atoms with Crippen LogP contribution in [0.2, 0.25) is 5.02 Å². The monoisotopic (exact) mass is 257 g/mol. The lowest BCUT2D eigenvalue weighted by atomic mass is 9.95. The summed E-state index contributed by atoms with van der Waals surface area (Å²) in [6.07, 6.45) is 0. The molecule has 0 spiro atoms. The van der Waals surface area contributed by atoms with Gasteiger partial charge in [0, 0.05) is 24.2 Å². The fourth-order valence-electron chi connectivity index (χ4n) is 2.02. The second kappa shape index (κ2) is 4.63. The maximum absolute atomic E-state index is 12.9. The number of carbonyl (C=O) groups is 1. The summed E-state index contributed by atoms with van der Waals surface area (Å²) in [7, 11) is 0. The van der Waals surface area contributed by atoms with E-state index in [-0.39, 0.29) is 17.8 Å². The van der Waals surface area contributed by atoms with Crippen molar-refractivity contribution in [3.05, 3.63) is 34.6 Å². The van der Waals surface area contributed by atoms with Crippen molar-refractivity contribution in [1.82, 2.24) is 4.90 Å². The van der Waals surface area contributed by atoms with Crippen molar-refractivity contribution in [2.45, 2.75) is 13.0 Å². The van der Waals surface area contributed by atoms with Crippen LogP contribution in [0.4, 0.5) is 4.39 Å². The third-order valence-corrected chi connectivity index (χ3v) is 3.55. The van der Waals surface area contributed by atoms with Crippen LogP contribution < -0.4 is 0 Å². The number of likely N-dealkylation sites (tertiary alicyclic amines) is 1. The van der Waals surface area contributed by atoms with Crippen LogP contribution in [0.3, 0.4) is 0 Å². The van der Waals surface area contributed by atoms with Gasteiger partial charge in [0.25, 0.3) is 0 Å². The normalized spacial score (nSPS) is 18.8. The first-order valence-corrected chi connectivity index (χ1v) is 5.78. The molecule has 0 aliphatic carbocycles. The van der Waals surface area contributed by atoms with Crippen LogP contribution in [0.15, 0.2) is 18.2 Å². The number of carboxylic acid groups (broad SMARTS) is 1. The Morgan fingerprint density at radius 3 is 2.76 bits per heavy atom. The standard InChI is InChI=1S/C12H13ClFNO2/c1-7(15-5-8(6-15)12(16)17)10-3-2-9(14)4-11(10)13/h2-4,7-8H,5-6H2,1H3,(H,16,17). The number of benzene rings is 1. The summed E-state index contributed by atoms with van der Waals surface area (Å²) in [5.74, 6) is -1.42. The highest BCUT2D eigenvalue weighted by molar-refractivity contribution is 6.31. The molecule has 0 amide bonds. The molecule has 1 unspecified atom stereocenters. The molecule has 0 radical (unpaired) electrons. The molecule has 1 aromatic carbocycles. The molecule has 0 aromatic heterocycles. The minimum Gasteiger partial charge on any atom is -0.481 e. The number of rotatable bonds is 3. The van der Waals surface area contributed by atoms with Gasteiger partial charge in [0.05, 0.1) is 5.92 Å². The first-order valence-electron chi connectivity index (χ1n) is 5.41. The highest BCUT2D eigenvalue weighted by Crippen LogP contribution is 2.32. The zero-order valence-electron chi connectivity index (χ0n) is 9.36. The van der Waals surface area contributed by atoms with Crippen molar-refractivity contribution in [2.24, 2.45) is 5.92 Å². The summed E-state index contributed by atoms with van der Waals surface area (Å²) >= 11 is 5.97. The van der Waals surface area contributed by atoms with Crippen LogP contribution in [0.5, 0.6) is 0 Å². The van der Waals surface area contributed by atoms with Gasteiger partial charge in [-0.25, -0.2) is 4.39 Å². The highest BCUT2D eigenvalue weighted by Gasteiger charge is 2.35. The Hall–Kier alpha value is -1.13. The van der Waals surface area contributed by atoms with Crippen molar-refractivity contribution in [3.63, 3.8) is 0 Å². The van der Waals surface area contributed by atoms with Gasteiger partial charge in [-0.2, -0.15) is 0 Å². The maximum Gasteiger partial charge on any atom is 0.309 e. The van der Waals surface area contributed by atoms with E-state index in [0.29, 0.717) is 18.1 Å². The molecule has 92 valence electrons. The summed E-state index contributed by atoms with van der Waals surface area (Å²) in [5, 5.41) is 9.18. The van der Waals surface area contributed by atoms with Gasteiger partial charge >= 0.3 is 5.97 Å². The van der Waals surface area contributed by atoms with Crippen molar-refractivity contribution < 1.29 is 14.3 Å². The van der Waals surface area contributed by atoms with E-state index in [1.165, 1.54) is 12.1 Å². The molecule has 2 rings (SSSR count). The molecule has 1 heterocycles. The Morgan fingerprint density at radius 2 is 2.24 bits per heavy atom. The van der Waals surface area contributed by atoms with Gasteiger partial charge in [0.15, 0.2) is 0 Å². The van der Waals surface area contributed by atoms with Crippen LogP contribution in [-0.2, 0) is 4.79 Å². The van der Waals surface area contributed by atoms with E-state index in [1.807, 2.05) is 11.8 Å². The van der Waals surface area contributed by atoms with Crippen molar-refractivity contribution in [1.29, 1.82) is 0 Å². The first kappa shape index (κ1) is 12.3. The molecule has 0 saturated carbocycles. The maximum atomic E-state index is 12.9. The predicted molar refractivity (Wildman–Crippen MR) is 62.5 cm³/mol. The number of halogens is 2. The van der Waals surface area contributed by atoms with Crippen LogP contribution in [0.25, 0.3) is 0 Å². The van der Waals surface area contributed by atoms with Crippen molar-refractivity contribution >= 4 is 17.6 Å². The van der Waals surface area contributed by atoms with Crippen LogP contribution >= 0.6 is 11.6 Å². The van der Waals surface area contributed by atoms with Gasteiger partial charge in [0.2, 0.25) is 0 Å².